The zero-order chi connectivity index (χ0) is 20.1. The lowest BCUT2D eigenvalue weighted by atomic mass is 10.0. The quantitative estimate of drug-likeness (QED) is 0.585. The van der Waals surface area contributed by atoms with Gasteiger partial charge in [0.1, 0.15) is 5.75 Å². The normalized spacial score (nSPS) is 12.6. The van der Waals surface area contributed by atoms with Crippen molar-refractivity contribution in [3.8, 4) is 5.75 Å². The number of nitrogens with zero attached hydrogens (tertiary/aromatic N) is 2. The predicted octanol–water partition coefficient (Wildman–Crippen LogP) is 2.88. The first-order valence-electron chi connectivity index (χ1n) is 9.10. The molecule has 0 aliphatic heterocycles. The van der Waals surface area contributed by atoms with Crippen molar-refractivity contribution >= 4 is 29.0 Å². The number of benzene rings is 1. The van der Waals surface area contributed by atoms with E-state index in [9.17, 15) is 9.90 Å². The molecule has 1 amide bonds. The summed E-state index contributed by atoms with van der Waals surface area (Å²) in [7, 11) is 1.53. The number of nitrogens with one attached hydrogen (secondary N) is 2. The number of fused-ring (bicyclic) bond motifs is 1. The van der Waals surface area contributed by atoms with Crippen LogP contribution in [0.3, 0.4) is 0 Å². The van der Waals surface area contributed by atoms with E-state index in [4.69, 9.17) is 4.74 Å². The van der Waals surface area contributed by atoms with Gasteiger partial charge < -0.3 is 15.2 Å². The number of aliphatic hydroxyl groups excluding tert-OH is 1. The molecule has 7 heteroatoms. The van der Waals surface area contributed by atoms with Crippen LogP contribution in [0.1, 0.15) is 35.5 Å². The van der Waals surface area contributed by atoms with Crippen molar-refractivity contribution in [2.75, 3.05) is 13.7 Å². The van der Waals surface area contributed by atoms with Crippen molar-refractivity contribution < 1.29 is 14.6 Å². The van der Waals surface area contributed by atoms with Crippen molar-refractivity contribution in [1.82, 2.24) is 20.5 Å². The summed E-state index contributed by atoms with van der Waals surface area (Å²) >= 11 is 0. The van der Waals surface area contributed by atoms with Crippen LogP contribution in [0.4, 0.5) is 0 Å². The minimum atomic E-state index is -0.330. The third-order valence-corrected chi connectivity index (χ3v) is 4.62. The van der Waals surface area contributed by atoms with Gasteiger partial charge in [0.15, 0.2) is 0 Å². The van der Waals surface area contributed by atoms with Crippen LogP contribution < -0.4 is 10.1 Å². The summed E-state index contributed by atoms with van der Waals surface area (Å²) in [5.41, 5.74) is 2.82. The van der Waals surface area contributed by atoms with Crippen LogP contribution in [0.5, 0.6) is 5.75 Å². The number of methoxy groups -OCH3 is 1. The summed E-state index contributed by atoms with van der Waals surface area (Å²) in [6.07, 6.45) is 7.22. The third-order valence-electron chi connectivity index (χ3n) is 4.62. The van der Waals surface area contributed by atoms with Crippen molar-refractivity contribution in [3.05, 3.63) is 53.5 Å². The molecule has 2 aromatic heterocycles. The highest BCUT2D eigenvalue weighted by molar-refractivity contribution is 6.05. The summed E-state index contributed by atoms with van der Waals surface area (Å²) in [6.45, 7) is 3.76. The number of hydrogen-bond acceptors (Lipinski definition) is 5. The molecule has 0 radical (unpaired) electrons. The fourth-order valence-corrected chi connectivity index (χ4v) is 2.94. The average molecular weight is 380 g/mol. The molecule has 0 saturated carbocycles. The lowest BCUT2D eigenvalue weighted by Gasteiger charge is -2.20. The van der Waals surface area contributed by atoms with Crippen molar-refractivity contribution in [2.45, 2.75) is 19.9 Å². The molecule has 0 aliphatic carbocycles. The molecule has 1 aromatic carbocycles. The van der Waals surface area contributed by atoms with E-state index in [1.807, 2.05) is 38.1 Å². The van der Waals surface area contributed by atoms with Gasteiger partial charge in [-0.05, 0) is 41.8 Å². The van der Waals surface area contributed by atoms with Gasteiger partial charge in [0.05, 0.1) is 41.9 Å². The molecular weight excluding hydrogens is 356 g/mol. The van der Waals surface area contributed by atoms with Gasteiger partial charge in [0.2, 0.25) is 0 Å². The molecule has 3 rings (SSSR count). The van der Waals surface area contributed by atoms with E-state index < -0.39 is 0 Å². The number of amides is 1. The summed E-state index contributed by atoms with van der Waals surface area (Å²) in [6, 6.07) is 6.94. The number of aromatic nitrogens is 3. The Morgan fingerprint density at radius 2 is 2.00 bits per heavy atom. The van der Waals surface area contributed by atoms with E-state index in [-0.39, 0.29) is 24.5 Å². The molecule has 1 atom stereocenters. The molecule has 0 unspecified atom stereocenters. The molecule has 0 spiro atoms. The van der Waals surface area contributed by atoms with E-state index in [0.29, 0.717) is 17.0 Å². The number of aromatic amines is 1. The minimum absolute atomic E-state index is 0.108. The molecular formula is C21H24N4O3. The SMILES string of the molecule is COc1c(C(=O)N[C@H](CO)C(C)C)ccc2[nH]nc(C=Cc3ccncc3)c12. The molecule has 0 fully saturated rings. The number of H-pyrrole nitrogens is 1. The van der Waals surface area contributed by atoms with Crippen LogP contribution in [0.2, 0.25) is 0 Å². The van der Waals surface area contributed by atoms with Gasteiger partial charge in [-0.2, -0.15) is 5.10 Å². The van der Waals surface area contributed by atoms with Crippen molar-refractivity contribution in [1.29, 1.82) is 0 Å². The van der Waals surface area contributed by atoms with Crippen LogP contribution in [0.15, 0.2) is 36.7 Å². The largest absolute Gasteiger partial charge is 0.495 e. The van der Waals surface area contributed by atoms with E-state index in [1.165, 1.54) is 7.11 Å². The Bertz CT molecular complexity index is 980. The fraction of sp³-hybridized carbons (Fsp3) is 0.286. The number of pyridine rings is 1. The van der Waals surface area contributed by atoms with Gasteiger partial charge in [-0.3, -0.25) is 14.9 Å². The Balaban J connectivity index is 1.99. The van der Waals surface area contributed by atoms with Crippen LogP contribution in [-0.4, -0.2) is 46.0 Å². The number of aliphatic hydroxyl groups is 1. The first-order chi connectivity index (χ1) is 13.5. The maximum absolute atomic E-state index is 12.8. The molecule has 7 nitrogen and oxygen atoms in total. The molecule has 0 aliphatic rings. The molecule has 3 aromatic rings. The first kappa shape index (κ1) is 19.6. The van der Waals surface area contributed by atoms with Crippen molar-refractivity contribution in [3.63, 3.8) is 0 Å². The average Bonchev–Trinajstić information content (AvgIpc) is 3.13. The topological polar surface area (TPSA) is 100 Å². The number of carbonyl (C=O) groups is 1. The molecule has 3 N–H and O–H groups in total. The summed E-state index contributed by atoms with van der Waals surface area (Å²) < 4.78 is 5.58. The number of carbonyl (C=O) groups excluding carboxylic acids is 1. The number of ether oxygens (including phenoxy) is 1. The Hall–Kier alpha value is -3.19. The van der Waals surface area contributed by atoms with Crippen LogP contribution in [0, 0.1) is 5.92 Å². The fourth-order valence-electron chi connectivity index (χ4n) is 2.94. The highest BCUT2D eigenvalue weighted by Crippen LogP contribution is 2.32. The second-order valence-electron chi connectivity index (χ2n) is 6.80. The maximum Gasteiger partial charge on any atom is 0.255 e. The minimum Gasteiger partial charge on any atom is -0.495 e. The monoisotopic (exact) mass is 380 g/mol. The van der Waals surface area contributed by atoms with E-state index in [1.54, 1.807) is 24.5 Å². The van der Waals surface area contributed by atoms with Gasteiger partial charge >= 0.3 is 0 Å². The molecule has 146 valence electrons. The van der Waals surface area contributed by atoms with E-state index in [2.05, 4.69) is 20.5 Å². The highest BCUT2D eigenvalue weighted by Gasteiger charge is 2.22. The summed E-state index contributed by atoms with van der Waals surface area (Å²) in [4.78, 5) is 16.8. The van der Waals surface area contributed by atoms with Gasteiger partial charge in [-0.1, -0.05) is 19.9 Å². The predicted molar refractivity (Wildman–Crippen MR) is 109 cm³/mol. The van der Waals surface area contributed by atoms with Gasteiger partial charge in [0.25, 0.3) is 5.91 Å². The van der Waals surface area contributed by atoms with Crippen LogP contribution in [-0.2, 0) is 0 Å². The maximum atomic E-state index is 12.8. The summed E-state index contributed by atoms with van der Waals surface area (Å²) in [5.74, 6) is 0.256. The Morgan fingerprint density at radius 3 is 2.64 bits per heavy atom. The Morgan fingerprint density at radius 1 is 1.25 bits per heavy atom. The highest BCUT2D eigenvalue weighted by atomic mass is 16.5. The molecule has 0 saturated heterocycles. The third kappa shape index (κ3) is 4.04. The smallest absolute Gasteiger partial charge is 0.255 e. The molecule has 28 heavy (non-hydrogen) atoms. The standard InChI is InChI=1S/C21H24N4O3/c1-13(2)18(12-26)23-21(27)15-5-7-17-19(20(15)28-3)16(24-25-17)6-4-14-8-10-22-11-9-14/h4-11,13,18,26H,12H2,1-3H3,(H,23,27)(H,24,25)/t18-/m1/s1. The Kier molecular flexibility index (Phi) is 6.06. The zero-order valence-electron chi connectivity index (χ0n) is 16.1. The first-order valence-corrected chi connectivity index (χ1v) is 9.10. The van der Waals surface area contributed by atoms with E-state index >= 15 is 0 Å². The van der Waals surface area contributed by atoms with Crippen molar-refractivity contribution in [2.24, 2.45) is 5.92 Å². The van der Waals surface area contributed by atoms with E-state index in [0.717, 1.165) is 16.5 Å². The molecule has 2 heterocycles. The van der Waals surface area contributed by atoms with Gasteiger partial charge in [-0.25, -0.2) is 0 Å². The van der Waals surface area contributed by atoms with Crippen LogP contribution in [0.25, 0.3) is 23.1 Å². The Labute approximate surface area is 163 Å². The second kappa shape index (κ2) is 8.67. The number of hydrogen-bond donors (Lipinski definition) is 3. The second-order valence-corrected chi connectivity index (χ2v) is 6.80. The van der Waals surface area contributed by atoms with Crippen LogP contribution >= 0.6 is 0 Å². The lowest BCUT2D eigenvalue weighted by Crippen LogP contribution is -2.41. The zero-order valence-corrected chi connectivity index (χ0v) is 16.1. The van der Waals surface area contributed by atoms with Gasteiger partial charge in [0, 0.05) is 12.4 Å². The lowest BCUT2D eigenvalue weighted by molar-refractivity contribution is 0.0894. The summed E-state index contributed by atoms with van der Waals surface area (Å²) in [5, 5.41) is 20.4. The van der Waals surface area contributed by atoms with Gasteiger partial charge in [-0.15, -0.1) is 0 Å². The molecule has 0 bridgehead atoms. The number of rotatable bonds is 7.